The van der Waals surface area contributed by atoms with E-state index in [1.807, 2.05) is 12.1 Å². The SMILES string of the molecule is CCNC(=NCCc1ccco1)NCCC1=CCCCC1.I. The number of nitrogens with one attached hydrogen (secondary N) is 2. The second-order valence-electron chi connectivity index (χ2n) is 5.37. The van der Waals surface area contributed by atoms with E-state index < -0.39 is 0 Å². The molecule has 0 amide bonds. The van der Waals surface area contributed by atoms with Crippen LogP contribution in [0.5, 0.6) is 0 Å². The Morgan fingerprint density at radius 2 is 2.18 bits per heavy atom. The van der Waals surface area contributed by atoms with Crippen molar-refractivity contribution < 1.29 is 4.42 Å². The average Bonchev–Trinajstić information content (AvgIpc) is 3.02. The standard InChI is InChI=1S/C17H27N3O.HI/c1-2-18-17(20-13-11-16-9-6-14-21-16)19-12-10-15-7-4-3-5-8-15;/h6-7,9,14H,2-5,8,10-13H2,1H3,(H2,18,19,20);1H. The molecule has 0 unspecified atom stereocenters. The zero-order valence-electron chi connectivity index (χ0n) is 13.4. The van der Waals surface area contributed by atoms with Gasteiger partial charge in [0.05, 0.1) is 6.26 Å². The van der Waals surface area contributed by atoms with Crippen LogP contribution >= 0.6 is 24.0 Å². The number of rotatable bonds is 7. The Morgan fingerprint density at radius 1 is 1.27 bits per heavy atom. The minimum Gasteiger partial charge on any atom is -0.469 e. The highest BCUT2D eigenvalue weighted by Gasteiger charge is 2.04. The van der Waals surface area contributed by atoms with E-state index >= 15 is 0 Å². The minimum atomic E-state index is 0. The van der Waals surface area contributed by atoms with Gasteiger partial charge in [-0.3, -0.25) is 4.99 Å². The molecule has 0 aromatic carbocycles. The van der Waals surface area contributed by atoms with Crippen molar-refractivity contribution >= 4 is 29.9 Å². The first-order valence-electron chi connectivity index (χ1n) is 8.11. The van der Waals surface area contributed by atoms with Crippen molar-refractivity contribution in [1.29, 1.82) is 0 Å². The summed E-state index contributed by atoms with van der Waals surface area (Å²) in [6.07, 6.45) is 11.3. The molecule has 1 aromatic rings. The van der Waals surface area contributed by atoms with Crippen LogP contribution in [0.1, 0.15) is 44.8 Å². The van der Waals surface area contributed by atoms with Gasteiger partial charge in [0.25, 0.3) is 0 Å². The number of nitrogens with zero attached hydrogens (tertiary/aromatic N) is 1. The number of hydrogen-bond acceptors (Lipinski definition) is 2. The predicted molar refractivity (Wildman–Crippen MR) is 103 cm³/mol. The van der Waals surface area contributed by atoms with Gasteiger partial charge in [-0.1, -0.05) is 11.6 Å². The van der Waals surface area contributed by atoms with Crippen molar-refractivity contribution in [2.45, 2.75) is 45.4 Å². The van der Waals surface area contributed by atoms with Crippen molar-refractivity contribution in [2.75, 3.05) is 19.6 Å². The summed E-state index contributed by atoms with van der Waals surface area (Å²) in [6, 6.07) is 3.91. The first-order valence-corrected chi connectivity index (χ1v) is 8.11. The summed E-state index contributed by atoms with van der Waals surface area (Å²) in [6.45, 7) is 4.67. The second-order valence-corrected chi connectivity index (χ2v) is 5.37. The molecule has 0 bridgehead atoms. The van der Waals surface area contributed by atoms with E-state index in [9.17, 15) is 0 Å². The van der Waals surface area contributed by atoms with E-state index in [2.05, 4.69) is 28.6 Å². The molecule has 0 aliphatic heterocycles. The largest absolute Gasteiger partial charge is 0.469 e. The van der Waals surface area contributed by atoms with Crippen LogP contribution in [0.3, 0.4) is 0 Å². The van der Waals surface area contributed by atoms with Gasteiger partial charge in [0, 0.05) is 26.1 Å². The first kappa shape index (κ1) is 19.1. The third kappa shape index (κ3) is 7.33. The predicted octanol–water partition coefficient (Wildman–Crippen LogP) is 3.89. The summed E-state index contributed by atoms with van der Waals surface area (Å²) in [4.78, 5) is 4.59. The monoisotopic (exact) mass is 417 g/mol. The van der Waals surface area contributed by atoms with E-state index in [1.165, 1.54) is 25.7 Å². The third-order valence-electron chi connectivity index (χ3n) is 3.68. The summed E-state index contributed by atoms with van der Waals surface area (Å²) in [5, 5.41) is 6.70. The van der Waals surface area contributed by atoms with E-state index in [0.717, 1.165) is 44.2 Å². The van der Waals surface area contributed by atoms with Gasteiger partial charge in [0.2, 0.25) is 0 Å². The van der Waals surface area contributed by atoms with E-state index in [1.54, 1.807) is 11.8 Å². The molecule has 0 fully saturated rings. The minimum absolute atomic E-state index is 0. The van der Waals surface area contributed by atoms with Crippen LogP contribution < -0.4 is 10.6 Å². The molecule has 1 aliphatic rings. The Labute approximate surface area is 150 Å². The Hall–Kier alpha value is -0.980. The summed E-state index contributed by atoms with van der Waals surface area (Å²) in [5.74, 6) is 1.89. The fourth-order valence-corrected chi connectivity index (χ4v) is 2.55. The summed E-state index contributed by atoms with van der Waals surface area (Å²) < 4.78 is 5.32. The molecule has 1 heterocycles. The fraction of sp³-hybridized carbons (Fsp3) is 0.588. The molecular formula is C17H28IN3O. The van der Waals surface area contributed by atoms with Gasteiger partial charge in [-0.05, 0) is 51.2 Å². The van der Waals surface area contributed by atoms with Gasteiger partial charge in [0.15, 0.2) is 5.96 Å². The summed E-state index contributed by atoms with van der Waals surface area (Å²) in [5.41, 5.74) is 1.60. The Balaban J connectivity index is 0.00000242. The Bertz CT molecular complexity index is 454. The number of hydrogen-bond donors (Lipinski definition) is 2. The van der Waals surface area contributed by atoms with Crippen molar-refractivity contribution in [2.24, 2.45) is 4.99 Å². The molecule has 0 spiro atoms. The molecule has 2 N–H and O–H groups in total. The van der Waals surface area contributed by atoms with Crippen molar-refractivity contribution in [1.82, 2.24) is 10.6 Å². The summed E-state index contributed by atoms with van der Waals surface area (Å²) in [7, 11) is 0. The fourth-order valence-electron chi connectivity index (χ4n) is 2.55. The van der Waals surface area contributed by atoms with Crippen LogP contribution in [0.4, 0.5) is 0 Å². The van der Waals surface area contributed by atoms with Gasteiger partial charge >= 0.3 is 0 Å². The third-order valence-corrected chi connectivity index (χ3v) is 3.68. The lowest BCUT2D eigenvalue weighted by atomic mass is 9.97. The van der Waals surface area contributed by atoms with Crippen molar-refractivity contribution in [3.8, 4) is 0 Å². The molecule has 5 heteroatoms. The van der Waals surface area contributed by atoms with E-state index in [-0.39, 0.29) is 24.0 Å². The molecular weight excluding hydrogens is 389 g/mol. The maximum atomic E-state index is 5.32. The molecule has 0 radical (unpaired) electrons. The number of allylic oxidation sites excluding steroid dienone is 1. The van der Waals surface area contributed by atoms with Crippen LogP contribution in [0.15, 0.2) is 39.5 Å². The van der Waals surface area contributed by atoms with Gasteiger partial charge in [0.1, 0.15) is 5.76 Å². The molecule has 1 aliphatic carbocycles. The van der Waals surface area contributed by atoms with Gasteiger partial charge < -0.3 is 15.1 Å². The normalized spacial score (nSPS) is 15.0. The van der Waals surface area contributed by atoms with Crippen molar-refractivity contribution in [3.63, 3.8) is 0 Å². The summed E-state index contributed by atoms with van der Waals surface area (Å²) >= 11 is 0. The highest BCUT2D eigenvalue weighted by atomic mass is 127. The zero-order valence-corrected chi connectivity index (χ0v) is 15.8. The topological polar surface area (TPSA) is 49.6 Å². The quantitative estimate of drug-likeness (QED) is 0.306. The molecule has 4 nitrogen and oxygen atoms in total. The average molecular weight is 417 g/mol. The van der Waals surface area contributed by atoms with Crippen LogP contribution in [0.25, 0.3) is 0 Å². The van der Waals surface area contributed by atoms with Crippen LogP contribution in [0.2, 0.25) is 0 Å². The number of aliphatic imine (C=N–C) groups is 1. The molecule has 22 heavy (non-hydrogen) atoms. The van der Waals surface area contributed by atoms with Gasteiger partial charge in [-0.25, -0.2) is 0 Å². The number of halogens is 1. The van der Waals surface area contributed by atoms with Gasteiger partial charge in [-0.2, -0.15) is 0 Å². The molecule has 1 aromatic heterocycles. The lowest BCUT2D eigenvalue weighted by Crippen LogP contribution is -2.38. The molecule has 0 saturated carbocycles. The van der Waals surface area contributed by atoms with Crippen LogP contribution in [-0.4, -0.2) is 25.6 Å². The molecule has 124 valence electrons. The van der Waals surface area contributed by atoms with Gasteiger partial charge in [-0.15, -0.1) is 24.0 Å². The molecule has 2 rings (SSSR count). The molecule has 0 saturated heterocycles. The lowest BCUT2D eigenvalue weighted by Gasteiger charge is -2.15. The zero-order chi connectivity index (χ0) is 14.8. The maximum absolute atomic E-state index is 5.32. The highest BCUT2D eigenvalue weighted by molar-refractivity contribution is 14.0. The number of guanidine groups is 1. The maximum Gasteiger partial charge on any atom is 0.191 e. The van der Waals surface area contributed by atoms with Crippen LogP contribution in [0, 0.1) is 0 Å². The number of furan rings is 1. The molecule has 0 atom stereocenters. The van der Waals surface area contributed by atoms with E-state index in [0.29, 0.717) is 0 Å². The second kappa shape index (κ2) is 11.6. The Kier molecular flexibility index (Phi) is 10.0. The van der Waals surface area contributed by atoms with E-state index in [4.69, 9.17) is 4.42 Å². The lowest BCUT2D eigenvalue weighted by molar-refractivity contribution is 0.510. The van der Waals surface area contributed by atoms with Crippen molar-refractivity contribution in [3.05, 3.63) is 35.8 Å². The highest BCUT2D eigenvalue weighted by Crippen LogP contribution is 2.19. The Morgan fingerprint density at radius 3 is 2.86 bits per heavy atom. The van der Waals surface area contributed by atoms with Crippen LogP contribution in [-0.2, 0) is 6.42 Å². The smallest absolute Gasteiger partial charge is 0.191 e. The first-order chi connectivity index (χ1) is 10.4.